The van der Waals surface area contributed by atoms with Crippen molar-refractivity contribution in [3.05, 3.63) is 0 Å². The average molecular weight is 253 g/mol. The summed E-state index contributed by atoms with van der Waals surface area (Å²) in [5.74, 6) is 0.782. The van der Waals surface area contributed by atoms with Crippen LogP contribution in [0, 0.1) is 5.92 Å². The molecule has 1 N–H and O–H groups in total. The molecule has 2 fully saturated rings. The van der Waals surface area contributed by atoms with Crippen molar-refractivity contribution in [3.8, 4) is 0 Å². The Morgan fingerprint density at radius 3 is 2.56 bits per heavy atom. The first-order valence-corrected chi connectivity index (χ1v) is 7.46. The third-order valence-corrected chi connectivity index (χ3v) is 4.52. The first kappa shape index (κ1) is 13.8. The summed E-state index contributed by atoms with van der Waals surface area (Å²) in [4.78, 5) is 15.6. The van der Waals surface area contributed by atoms with Crippen LogP contribution in [-0.4, -0.2) is 61.5 Å². The number of carbonyl (C=O) groups is 1. The van der Waals surface area contributed by atoms with Gasteiger partial charge in [0, 0.05) is 38.8 Å². The summed E-state index contributed by atoms with van der Waals surface area (Å²) in [7, 11) is 0. The van der Waals surface area contributed by atoms with Crippen LogP contribution in [0.2, 0.25) is 0 Å². The minimum absolute atomic E-state index is 0.429. The largest absolute Gasteiger partial charge is 0.356 e. The van der Waals surface area contributed by atoms with E-state index < -0.39 is 0 Å². The number of nitrogens with zero attached hydrogens (tertiary/aromatic N) is 2. The van der Waals surface area contributed by atoms with E-state index in [1.165, 1.54) is 65.0 Å². The molecule has 1 amide bonds. The molecule has 4 nitrogen and oxygen atoms in total. The summed E-state index contributed by atoms with van der Waals surface area (Å²) in [5, 5.41) is 2.96. The second kappa shape index (κ2) is 7.10. The van der Waals surface area contributed by atoms with Crippen LogP contribution in [0.4, 0.5) is 0 Å². The summed E-state index contributed by atoms with van der Waals surface area (Å²) in [6, 6.07) is 0.429. The smallest absolute Gasteiger partial charge is 0.207 e. The molecule has 1 heterocycles. The number of likely N-dealkylation sites (N-methyl/N-ethyl adjacent to an activating group) is 1. The average Bonchev–Trinajstić information content (AvgIpc) is 2.40. The highest BCUT2D eigenvalue weighted by atomic mass is 16.1. The molecule has 2 aliphatic rings. The number of nitrogens with one attached hydrogen (secondary N) is 1. The molecule has 0 aromatic heterocycles. The van der Waals surface area contributed by atoms with Crippen molar-refractivity contribution in [2.24, 2.45) is 5.92 Å². The van der Waals surface area contributed by atoms with E-state index in [4.69, 9.17) is 0 Å². The van der Waals surface area contributed by atoms with Crippen LogP contribution < -0.4 is 5.32 Å². The van der Waals surface area contributed by atoms with E-state index in [0.29, 0.717) is 6.04 Å². The van der Waals surface area contributed by atoms with Gasteiger partial charge in [-0.15, -0.1) is 0 Å². The van der Waals surface area contributed by atoms with Crippen molar-refractivity contribution < 1.29 is 4.79 Å². The Balaban J connectivity index is 1.71. The number of rotatable bonds is 5. The van der Waals surface area contributed by atoms with Gasteiger partial charge in [0.15, 0.2) is 0 Å². The minimum Gasteiger partial charge on any atom is -0.356 e. The predicted molar refractivity (Wildman–Crippen MR) is 73.5 cm³/mol. The highest BCUT2D eigenvalue weighted by Gasteiger charge is 2.24. The molecular weight excluding hydrogens is 226 g/mol. The molecule has 0 spiro atoms. The van der Waals surface area contributed by atoms with Crippen molar-refractivity contribution in [1.29, 1.82) is 0 Å². The monoisotopic (exact) mass is 253 g/mol. The van der Waals surface area contributed by atoms with Crippen LogP contribution >= 0.6 is 0 Å². The number of amides is 1. The van der Waals surface area contributed by atoms with E-state index >= 15 is 0 Å². The van der Waals surface area contributed by atoms with Crippen LogP contribution in [0.15, 0.2) is 0 Å². The first-order chi connectivity index (χ1) is 8.81. The molecule has 0 aromatic carbocycles. The van der Waals surface area contributed by atoms with Gasteiger partial charge < -0.3 is 15.1 Å². The zero-order chi connectivity index (χ0) is 12.8. The van der Waals surface area contributed by atoms with Gasteiger partial charge in [-0.25, -0.2) is 0 Å². The van der Waals surface area contributed by atoms with Crippen molar-refractivity contribution >= 4 is 6.41 Å². The molecule has 4 heteroatoms. The van der Waals surface area contributed by atoms with Gasteiger partial charge in [-0.3, -0.25) is 4.79 Å². The minimum atomic E-state index is 0.429. The van der Waals surface area contributed by atoms with E-state index in [1.54, 1.807) is 0 Å². The fraction of sp³-hybridized carbons (Fsp3) is 0.929. The lowest BCUT2D eigenvalue weighted by Crippen LogP contribution is -2.48. The highest BCUT2D eigenvalue weighted by Crippen LogP contribution is 2.25. The molecule has 0 radical (unpaired) electrons. The normalized spacial score (nSPS) is 31.2. The highest BCUT2D eigenvalue weighted by molar-refractivity contribution is 5.46. The molecule has 1 aliphatic carbocycles. The van der Waals surface area contributed by atoms with Crippen molar-refractivity contribution in [3.63, 3.8) is 0 Å². The molecule has 1 saturated carbocycles. The number of piperazine rings is 1. The lowest BCUT2D eigenvalue weighted by molar-refractivity contribution is -0.110. The molecule has 1 aliphatic heterocycles. The molecular formula is C14H27N3O. The summed E-state index contributed by atoms with van der Waals surface area (Å²) in [6.45, 7) is 9.54. The Morgan fingerprint density at radius 1 is 1.17 bits per heavy atom. The summed E-state index contributed by atoms with van der Waals surface area (Å²) < 4.78 is 0. The van der Waals surface area contributed by atoms with E-state index in [0.717, 1.165) is 12.3 Å². The van der Waals surface area contributed by atoms with Crippen LogP contribution in [0.25, 0.3) is 0 Å². The third kappa shape index (κ3) is 3.95. The van der Waals surface area contributed by atoms with Gasteiger partial charge in [-0.2, -0.15) is 0 Å². The summed E-state index contributed by atoms with van der Waals surface area (Å²) in [6.07, 6.45) is 5.81. The lowest BCUT2D eigenvalue weighted by Gasteiger charge is -2.38. The number of carbonyl (C=O) groups excluding carboxylic acids is 1. The number of hydrogen-bond donors (Lipinski definition) is 1. The Kier molecular flexibility index (Phi) is 5.45. The molecule has 2 rings (SSSR count). The molecule has 2 unspecified atom stereocenters. The SMILES string of the molecule is CCN1CCN(CC2CCCC(NC=O)C2)CC1. The van der Waals surface area contributed by atoms with Crippen LogP contribution in [0.3, 0.4) is 0 Å². The van der Waals surface area contributed by atoms with E-state index in [1.807, 2.05) is 0 Å². The van der Waals surface area contributed by atoms with Crippen LogP contribution in [-0.2, 0) is 4.79 Å². The van der Waals surface area contributed by atoms with Crippen LogP contribution in [0.1, 0.15) is 32.6 Å². The van der Waals surface area contributed by atoms with Gasteiger partial charge >= 0.3 is 0 Å². The summed E-state index contributed by atoms with van der Waals surface area (Å²) >= 11 is 0. The fourth-order valence-corrected chi connectivity index (χ4v) is 3.36. The molecule has 0 aromatic rings. The van der Waals surface area contributed by atoms with Gasteiger partial charge in [0.05, 0.1) is 0 Å². The Bertz CT molecular complexity index is 251. The first-order valence-electron chi connectivity index (χ1n) is 7.46. The van der Waals surface area contributed by atoms with E-state index in [2.05, 4.69) is 22.0 Å². The fourth-order valence-electron chi connectivity index (χ4n) is 3.36. The maximum absolute atomic E-state index is 10.5. The molecule has 104 valence electrons. The predicted octanol–water partition coefficient (Wildman–Crippen LogP) is 0.929. The number of hydrogen-bond acceptors (Lipinski definition) is 3. The zero-order valence-electron chi connectivity index (χ0n) is 11.6. The van der Waals surface area contributed by atoms with Gasteiger partial charge in [-0.1, -0.05) is 13.3 Å². The second-order valence-corrected chi connectivity index (χ2v) is 5.75. The van der Waals surface area contributed by atoms with E-state index in [-0.39, 0.29) is 0 Å². The van der Waals surface area contributed by atoms with Crippen LogP contribution in [0.5, 0.6) is 0 Å². The van der Waals surface area contributed by atoms with E-state index in [9.17, 15) is 4.79 Å². The maximum atomic E-state index is 10.5. The maximum Gasteiger partial charge on any atom is 0.207 e. The third-order valence-electron chi connectivity index (χ3n) is 4.52. The zero-order valence-corrected chi connectivity index (χ0v) is 11.6. The van der Waals surface area contributed by atoms with Crippen molar-refractivity contribution in [2.75, 3.05) is 39.3 Å². The quantitative estimate of drug-likeness (QED) is 0.740. The van der Waals surface area contributed by atoms with Gasteiger partial charge in [0.25, 0.3) is 0 Å². The van der Waals surface area contributed by atoms with Crippen molar-refractivity contribution in [1.82, 2.24) is 15.1 Å². The standard InChI is InChI=1S/C14H27N3O/c1-2-16-6-8-17(9-7-16)11-13-4-3-5-14(10-13)15-12-18/h12-14H,2-11H2,1H3,(H,15,18). The van der Waals surface area contributed by atoms with Gasteiger partial charge in [0.1, 0.15) is 0 Å². The second-order valence-electron chi connectivity index (χ2n) is 5.75. The molecule has 2 atom stereocenters. The summed E-state index contributed by atoms with van der Waals surface area (Å²) in [5.41, 5.74) is 0. The van der Waals surface area contributed by atoms with Gasteiger partial charge in [0.2, 0.25) is 6.41 Å². The molecule has 0 bridgehead atoms. The molecule has 18 heavy (non-hydrogen) atoms. The molecule has 1 saturated heterocycles. The Morgan fingerprint density at radius 2 is 1.89 bits per heavy atom. The topological polar surface area (TPSA) is 35.6 Å². The lowest BCUT2D eigenvalue weighted by atomic mass is 9.85. The van der Waals surface area contributed by atoms with Crippen molar-refractivity contribution in [2.45, 2.75) is 38.6 Å². The Hall–Kier alpha value is -0.610. The Labute approximate surface area is 111 Å². The van der Waals surface area contributed by atoms with Gasteiger partial charge in [-0.05, 0) is 31.7 Å².